The fourth-order valence-corrected chi connectivity index (χ4v) is 6.54. The second-order valence-electron chi connectivity index (χ2n) is 13.4. The molecule has 0 bridgehead atoms. The Morgan fingerprint density at radius 2 is 1.43 bits per heavy atom. The molecule has 0 saturated carbocycles. The molecule has 44 heavy (non-hydrogen) atoms. The van der Waals surface area contributed by atoms with Gasteiger partial charge in [-0.2, -0.15) is 0 Å². The molecular formula is C34H50N4O5S. The van der Waals surface area contributed by atoms with Gasteiger partial charge >= 0.3 is 0 Å². The SMILES string of the molecule is CNC(C(=O)NC(C(=O)N(C)C(/C=C(\C)C(=O)NS(=O)(=O)c1ccccc1C)C(C)C)C(C)(C)C)C(C)(C)c1ccccc1. The van der Waals surface area contributed by atoms with E-state index in [1.165, 1.54) is 17.9 Å². The van der Waals surface area contributed by atoms with Crippen LogP contribution in [0.25, 0.3) is 0 Å². The number of carbonyl (C=O) groups excluding carboxylic acids is 3. The third-order valence-corrected chi connectivity index (χ3v) is 9.55. The van der Waals surface area contributed by atoms with Gasteiger partial charge in [0.05, 0.1) is 17.0 Å². The number of sulfonamides is 1. The van der Waals surface area contributed by atoms with Gasteiger partial charge in [-0.05, 0) is 49.4 Å². The Balaban J connectivity index is 2.34. The first kappa shape index (κ1) is 36.7. The Bertz CT molecular complexity index is 1460. The summed E-state index contributed by atoms with van der Waals surface area (Å²) in [5, 5.41) is 6.16. The van der Waals surface area contributed by atoms with E-state index in [1.54, 1.807) is 45.3 Å². The third-order valence-electron chi connectivity index (χ3n) is 8.06. The number of aryl methyl sites for hydroxylation is 1. The first-order valence-corrected chi connectivity index (χ1v) is 16.3. The molecule has 3 unspecified atom stereocenters. The molecule has 2 aromatic rings. The molecule has 0 aliphatic rings. The molecule has 3 amide bonds. The number of carbonyl (C=O) groups is 3. The van der Waals surface area contributed by atoms with Gasteiger partial charge in [0, 0.05) is 18.0 Å². The number of benzene rings is 2. The topological polar surface area (TPSA) is 125 Å². The fraction of sp³-hybridized carbons (Fsp3) is 0.500. The van der Waals surface area contributed by atoms with Crippen LogP contribution in [-0.2, 0) is 29.8 Å². The van der Waals surface area contributed by atoms with Crippen LogP contribution in [-0.4, -0.2) is 63.3 Å². The van der Waals surface area contributed by atoms with Crippen LogP contribution in [0.4, 0.5) is 0 Å². The van der Waals surface area contributed by atoms with E-state index in [1.807, 2.05) is 78.8 Å². The van der Waals surface area contributed by atoms with Crippen molar-refractivity contribution in [1.82, 2.24) is 20.3 Å². The van der Waals surface area contributed by atoms with E-state index in [-0.39, 0.29) is 28.2 Å². The summed E-state index contributed by atoms with van der Waals surface area (Å²) in [5.74, 6) is -1.54. The summed E-state index contributed by atoms with van der Waals surface area (Å²) in [6.45, 7) is 16.6. The van der Waals surface area contributed by atoms with Gasteiger partial charge in [-0.25, -0.2) is 13.1 Å². The molecule has 3 atom stereocenters. The molecule has 2 aromatic carbocycles. The number of rotatable bonds is 12. The lowest BCUT2D eigenvalue weighted by Gasteiger charge is -2.40. The molecule has 242 valence electrons. The minimum absolute atomic E-state index is 0.0212. The van der Waals surface area contributed by atoms with E-state index in [4.69, 9.17) is 0 Å². The predicted molar refractivity (Wildman–Crippen MR) is 175 cm³/mol. The van der Waals surface area contributed by atoms with Crippen LogP contribution in [0.3, 0.4) is 0 Å². The van der Waals surface area contributed by atoms with E-state index in [0.717, 1.165) is 5.56 Å². The van der Waals surface area contributed by atoms with Crippen LogP contribution in [0, 0.1) is 18.3 Å². The predicted octanol–water partition coefficient (Wildman–Crippen LogP) is 4.33. The second-order valence-corrected chi connectivity index (χ2v) is 15.0. The van der Waals surface area contributed by atoms with Gasteiger partial charge in [-0.3, -0.25) is 14.4 Å². The zero-order valence-corrected chi connectivity index (χ0v) is 28.8. The smallest absolute Gasteiger partial charge is 0.264 e. The number of likely N-dealkylation sites (N-methyl/N-ethyl adjacent to an activating group) is 2. The highest BCUT2D eigenvalue weighted by molar-refractivity contribution is 7.90. The van der Waals surface area contributed by atoms with Gasteiger partial charge in [0.15, 0.2) is 0 Å². The molecular weight excluding hydrogens is 576 g/mol. The normalized spacial score (nSPS) is 14.9. The Labute approximate surface area is 263 Å². The fourth-order valence-electron chi connectivity index (χ4n) is 5.28. The molecule has 0 aromatic heterocycles. The van der Waals surface area contributed by atoms with E-state index < -0.39 is 44.9 Å². The molecule has 0 aliphatic carbocycles. The number of nitrogens with one attached hydrogen (secondary N) is 3. The van der Waals surface area contributed by atoms with Crippen molar-refractivity contribution in [2.24, 2.45) is 11.3 Å². The number of nitrogens with zero attached hydrogens (tertiary/aromatic N) is 1. The quantitative estimate of drug-likeness (QED) is 0.302. The zero-order valence-electron chi connectivity index (χ0n) is 28.0. The van der Waals surface area contributed by atoms with Gasteiger partial charge < -0.3 is 15.5 Å². The summed E-state index contributed by atoms with van der Waals surface area (Å²) in [6.07, 6.45) is 1.60. The van der Waals surface area contributed by atoms with E-state index in [0.29, 0.717) is 5.56 Å². The van der Waals surface area contributed by atoms with Crippen molar-refractivity contribution in [3.63, 3.8) is 0 Å². The molecule has 0 saturated heterocycles. The summed E-state index contributed by atoms with van der Waals surface area (Å²) in [4.78, 5) is 42.4. The summed E-state index contributed by atoms with van der Waals surface area (Å²) >= 11 is 0. The lowest BCUT2D eigenvalue weighted by Crippen LogP contribution is -2.61. The minimum Gasteiger partial charge on any atom is -0.342 e. The van der Waals surface area contributed by atoms with Gasteiger partial charge in [-0.1, -0.05) is 103 Å². The Hall–Kier alpha value is -3.50. The van der Waals surface area contributed by atoms with Crippen LogP contribution in [0.15, 0.2) is 71.1 Å². The van der Waals surface area contributed by atoms with Crippen molar-refractivity contribution in [3.05, 3.63) is 77.4 Å². The first-order chi connectivity index (χ1) is 20.2. The standard InChI is InChI=1S/C34H50N4O5S/c1-22(2)26(21-24(4)30(39)37-44(42,43)27-20-16-15-17-23(27)3)38(11)32(41)29(33(5,6)7)36-31(40)28(35-10)34(8,9)25-18-13-12-14-19-25/h12-22,26,28-29,35H,1-11H3,(H,36,40)(H,37,39)/b24-21+. The zero-order chi connectivity index (χ0) is 33.6. The maximum atomic E-state index is 14.1. The van der Waals surface area contributed by atoms with Gasteiger partial charge in [0.2, 0.25) is 11.8 Å². The lowest BCUT2D eigenvalue weighted by molar-refractivity contribution is -0.140. The number of amides is 3. The van der Waals surface area contributed by atoms with Crippen molar-refractivity contribution < 1.29 is 22.8 Å². The molecule has 9 nitrogen and oxygen atoms in total. The largest absolute Gasteiger partial charge is 0.342 e. The highest BCUT2D eigenvalue weighted by atomic mass is 32.2. The van der Waals surface area contributed by atoms with Crippen molar-refractivity contribution in [2.45, 2.75) is 90.7 Å². The monoisotopic (exact) mass is 626 g/mol. The highest BCUT2D eigenvalue weighted by Crippen LogP contribution is 2.29. The van der Waals surface area contributed by atoms with Crippen LogP contribution >= 0.6 is 0 Å². The second kappa shape index (κ2) is 14.5. The van der Waals surface area contributed by atoms with Gasteiger partial charge in [-0.15, -0.1) is 0 Å². The lowest BCUT2D eigenvalue weighted by atomic mass is 9.76. The van der Waals surface area contributed by atoms with Crippen molar-refractivity contribution in [1.29, 1.82) is 0 Å². The average molecular weight is 627 g/mol. The van der Waals surface area contributed by atoms with Gasteiger partial charge in [0.25, 0.3) is 15.9 Å². The molecule has 2 rings (SSSR count). The van der Waals surface area contributed by atoms with Crippen LogP contribution < -0.4 is 15.4 Å². The van der Waals surface area contributed by atoms with E-state index in [9.17, 15) is 22.8 Å². The summed E-state index contributed by atoms with van der Waals surface area (Å²) in [7, 11) is -0.736. The van der Waals surface area contributed by atoms with Crippen molar-refractivity contribution in [3.8, 4) is 0 Å². The van der Waals surface area contributed by atoms with Gasteiger partial charge in [0.1, 0.15) is 6.04 Å². The maximum absolute atomic E-state index is 14.1. The highest BCUT2D eigenvalue weighted by Gasteiger charge is 2.41. The Morgan fingerprint density at radius 3 is 1.93 bits per heavy atom. The Kier molecular flexibility index (Phi) is 12.1. The van der Waals surface area contributed by atoms with Crippen LogP contribution in [0.5, 0.6) is 0 Å². The third kappa shape index (κ3) is 8.79. The molecule has 0 fully saturated rings. The molecule has 0 heterocycles. The molecule has 0 radical (unpaired) electrons. The summed E-state index contributed by atoms with van der Waals surface area (Å²) in [6, 6.07) is 14.1. The minimum atomic E-state index is -4.09. The van der Waals surface area contributed by atoms with E-state index in [2.05, 4.69) is 15.4 Å². The number of hydrogen-bond acceptors (Lipinski definition) is 6. The van der Waals surface area contributed by atoms with Crippen molar-refractivity contribution in [2.75, 3.05) is 14.1 Å². The summed E-state index contributed by atoms with van der Waals surface area (Å²) < 4.78 is 28.0. The first-order valence-electron chi connectivity index (χ1n) is 14.9. The number of hydrogen-bond donors (Lipinski definition) is 3. The maximum Gasteiger partial charge on any atom is 0.264 e. The van der Waals surface area contributed by atoms with Crippen molar-refractivity contribution >= 4 is 27.7 Å². The van der Waals surface area contributed by atoms with E-state index >= 15 is 0 Å². The molecule has 0 spiro atoms. The molecule has 10 heteroatoms. The average Bonchev–Trinajstić information content (AvgIpc) is 2.93. The Morgan fingerprint density at radius 1 is 0.886 bits per heavy atom. The van der Waals surface area contributed by atoms with Crippen LogP contribution in [0.2, 0.25) is 0 Å². The molecule has 3 N–H and O–H groups in total. The molecule has 0 aliphatic heterocycles. The summed E-state index contributed by atoms with van der Waals surface area (Å²) in [5.41, 5.74) is 0.423. The van der Waals surface area contributed by atoms with Crippen LogP contribution in [0.1, 0.15) is 66.5 Å².